The zero-order chi connectivity index (χ0) is 12.7. The highest BCUT2D eigenvalue weighted by Crippen LogP contribution is 2.05. The first-order chi connectivity index (χ1) is 8.11. The summed E-state index contributed by atoms with van der Waals surface area (Å²) in [7, 11) is 0. The predicted octanol–water partition coefficient (Wildman–Crippen LogP) is 0.790. The van der Waals surface area contributed by atoms with Crippen molar-refractivity contribution in [1.82, 2.24) is 5.32 Å². The first kappa shape index (κ1) is 13.0. The predicted molar refractivity (Wildman–Crippen MR) is 65.9 cm³/mol. The van der Waals surface area contributed by atoms with Crippen LogP contribution in [0.1, 0.15) is 17.5 Å². The van der Waals surface area contributed by atoms with Crippen molar-refractivity contribution >= 4 is 11.7 Å². The first-order valence-electron chi connectivity index (χ1n) is 5.40. The zero-order valence-electron chi connectivity index (χ0n) is 9.81. The van der Waals surface area contributed by atoms with E-state index in [1.165, 1.54) is 5.56 Å². The van der Waals surface area contributed by atoms with Crippen LogP contribution in [0.4, 0.5) is 0 Å². The van der Waals surface area contributed by atoms with Crippen molar-refractivity contribution in [2.75, 3.05) is 6.54 Å². The van der Waals surface area contributed by atoms with E-state index in [4.69, 9.17) is 10.9 Å². The van der Waals surface area contributed by atoms with E-state index >= 15 is 0 Å². The lowest BCUT2D eigenvalue weighted by molar-refractivity contribution is -0.120. The van der Waals surface area contributed by atoms with Gasteiger partial charge in [0.05, 0.1) is 6.54 Å². The third kappa shape index (κ3) is 5.01. The lowest BCUT2D eigenvalue weighted by Gasteiger charge is -2.04. The maximum Gasteiger partial charge on any atom is 0.220 e. The number of aryl methyl sites for hydroxylation is 2. The van der Waals surface area contributed by atoms with Gasteiger partial charge in [-0.15, -0.1) is 0 Å². The Morgan fingerprint density at radius 3 is 2.65 bits per heavy atom. The summed E-state index contributed by atoms with van der Waals surface area (Å²) in [5.74, 6) is -0.120. The Balaban J connectivity index is 2.31. The number of carbonyl (C=O) groups excluding carboxylic acids is 1. The topological polar surface area (TPSA) is 87.7 Å². The lowest BCUT2D eigenvalue weighted by atomic mass is 10.1. The fourth-order valence-corrected chi connectivity index (χ4v) is 1.33. The molecule has 0 heterocycles. The molecule has 0 atom stereocenters. The van der Waals surface area contributed by atoms with Crippen LogP contribution in [0.3, 0.4) is 0 Å². The molecule has 0 aliphatic rings. The molecule has 0 saturated carbocycles. The fraction of sp³-hybridized carbons (Fsp3) is 0.333. The summed E-state index contributed by atoms with van der Waals surface area (Å²) in [6, 6.07) is 8.05. The third-order valence-electron chi connectivity index (χ3n) is 2.36. The first-order valence-corrected chi connectivity index (χ1v) is 5.40. The summed E-state index contributed by atoms with van der Waals surface area (Å²) >= 11 is 0. The Labute approximate surface area is 100 Å². The smallest absolute Gasteiger partial charge is 0.220 e. The minimum Gasteiger partial charge on any atom is -0.409 e. The van der Waals surface area contributed by atoms with Crippen molar-refractivity contribution in [2.24, 2.45) is 10.9 Å². The number of nitrogens with one attached hydrogen (secondary N) is 1. The quantitative estimate of drug-likeness (QED) is 0.305. The average Bonchev–Trinajstić information content (AvgIpc) is 2.35. The van der Waals surface area contributed by atoms with Crippen molar-refractivity contribution in [2.45, 2.75) is 19.8 Å². The molecule has 5 heteroatoms. The third-order valence-corrected chi connectivity index (χ3v) is 2.36. The van der Waals surface area contributed by atoms with Crippen LogP contribution in [0.5, 0.6) is 0 Å². The number of benzene rings is 1. The monoisotopic (exact) mass is 235 g/mol. The number of amidine groups is 1. The highest BCUT2D eigenvalue weighted by atomic mass is 16.4. The van der Waals surface area contributed by atoms with Crippen LogP contribution in [-0.2, 0) is 11.2 Å². The van der Waals surface area contributed by atoms with Gasteiger partial charge < -0.3 is 16.3 Å². The number of rotatable bonds is 5. The van der Waals surface area contributed by atoms with Crippen LogP contribution in [0.15, 0.2) is 29.4 Å². The Bertz CT molecular complexity index is 399. The lowest BCUT2D eigenvalue weighted by Crippen LogP contribution is -2.33. The molecule has 5 nitrogen and oxygen atoms in total. The highest BCUT2D eigenvalue weighted by molar-refractivity contribution is 5.86. The van der Waals surface area contributed by atoms with Crippen molar-refractivity contribution in [3.05, 3.63) is 35.4 Å². The molecule has 0 bridgehead atoms. The molecule has 92 valence electrons. The molecule has 0 spiro atoms. The Hall–Kier alpha value is -2.04. The van der Waals surface area contributed by atoms with Gasteiger partial charge in [-0.1, -0.05) is 35.0 Å². The van der Waals surface area contributed by atoms with Gasteiger partial charge >= 0.3 is 0 Å². The minimum absolute atomic E-state index is 0.00585. The maximum atomic E-state index is 11.4. The van der Waals surface area contributed by atoms with Crippen LogP contribution in [0, 0.1) is 6.92 Å². The molecule has 0 aliphatic heterocycles. The molecule has 0 aliphatic carbocycles. The van der Waals surface area contributed by atoms with Gasteiger partial charge in [0, 0.05) is 6.42 Å². The molecule has 1 aromatic carbocycles. The molecule has 1 amide bonds. The summed E-state index contributed by atoms with van der Waals surface area (Å²) in [5.41, 5.74) is 7.55. The summed E-state index contributed by atoms with van der Waals surface area (Å²) in [4.78, 5) is 11.4. The molecule has 0 saturated heterocycles. The summed E-state index contributed by atoms with van der Waals surface area (Å²) < 4.78 is 0. The van der Waals surface area contributed by atoms with E-state index in [1.807, 2.05) is 31.2 Å². The second-order valence-corrected chi connectivity index (χ2v) is 3.85. The van der Waals surface area contributed by atoms with Crippen LogP contribution in [0.25, 0.3) is 0 Å². The number of amides is 1. The molecular formula is C12H17N3O2. The zero-order valence-corrected chi connectivity index (χ0v) is 9.81. The van der Waals surface area contributed by atoms with Gasteiger partial charge in [0.25, 0.3) is 0 Å². The average molecular weight is 235 g/mol. The van der Waals surface area contributed by atoms with Crippen LogP contribution in [-0.4, -0.2) is 23.5 Å². The van der Waals surface area contributed by atoms with Crippen LogP contribution < -0.4 is 11.1 Å². The highest BCUT2D eigenvalue weighted by Gasteiger charge is 2.02. The van der Waals surface area contributed by atoms with Gasteiger partial charge in [-0.25, -0.2) is 0 Å². The van der Waals surface area contributed by atoms with Gasteiger partial charge in [-0.05, 0) is 18.9 Å². The number of hydrogen-bond donors (Lipinski definition) is 3. The van der Waals surface area contributed by atoms with Gasteiger partial charge in [0.15, 0.2) is 5.84 Å². The van der Waals surface area contributed by atoms with Crippen LogP contribution >= 0.6 is 0 Å². The number of nitrogens with two attached hydrogens (primary N) is 1. The minimum atomic E-state index is -0.114. The SMILES string of the molecule is Cc1ccc(CCC(=O)NCC(N)=NO)cc1. The number of carbonyl (C=O) groups is 1. The van der Waals surface area contributed by atoms with Gasteiger partial charge in [0.1, 0.15) is 0 Å². The van der Waals surface area contributed by atoms with Crippen molar-refractivity contribution in [3.63, 3.8) is 0 Å². The Morgan fingerprint density at radius 2 is 2.06 bits per heavy atom. The largest absolute Gasteiger partial charge is 0.409 e. The summed E-state index contributed by atoms with van der Waals surface area (Å²) in [6.45, 7) is 2.09. The van der Waals surface area contributed by atoms with E-state index in [2.05, 4.69) is 10.5 Å². The molecule has 0 aromatic heterocycles. The van der Waals surface area contributed by atoms with Crippen molar-refractivity contribution in [3.8, 4) is 0 Å². The summed E-state index contributed by atoms with van der Waals surface area (Å²) in [6.07, 6.45) is 1.07. The molecule has 1 rings (SSSR count). The number of nitrogens with zero attached hydrogens (tertiary/aromatic N) is 1. The van der Waals surface area contributed by atoms with E-state index in [0.717, 1.165) is 5.56 Å². The van der Waals surface area contributed by atoms with Gasteiger partial charge in [0.2, 0.25) is 5.91 Å². The summed E-state index contributed by atoms with van der Waals surface area (Å²) in [5, 5.41) is 13.6. The van der Waals surface area contributed by atoms with E-state index in [-0.39, 0.29) is 18.3 Å². The molecular weight excluding hydrogens is 218 g/mol. The van der Waals surface area contributed by atoms with E-state index in [0.29, 0.717) is 12.8 Å². The standard InChI is InChI=1S/C12H17N3O2/c1-9-2-4-10(5-3-9)6-7-12(16)14-8-11(13)15-17/h2-5,17H,6-8H2,1H3,(H2,13,15)(H,14,16). The molecule has 4 N–H and O–H groups in total. The van der Waals surface area contributed by atoms with Crippen molar-refractivity contribution in [1.29, 1.82) is 0 Å². The van der Waals surface area contributed by atoms with Gasteiger partial charge in [-0.3, -0.25) is 4.79 Å². The maximum absolute atomic E-state index is 11.4. The fourth-order valence-electron chi connectivity index (χ4n) is 1.33. The molecule has 0 fully saturated rings. The Morgan fingerprint density at radius 1 is 1.41 bits per heavy atom. The van der Waals surface area contributed by atoms with E-state index < -0.39 is 0 Å². The molecule has 0 unspecified atom stereocenters. The number of hydrogen-bond acceptors (Lipinski definition) is 3. The normalized spacial score (nSPS) is 11.2. The van der Waals surface area contributed by atoms with Crippen molar-refractivity contribution < 1.29 is 10.0 Å². The second kappa shape index (κ2) is 6.52. The van der Waals surface area contributed by atoms with Crippen LogP contribution in [0.2, 0.25) is 0 Å². The van der Waals surface area contributed by atoms with Gasteiger partial charge in [-0.2, -0.15) is 0 Å². The molecule has 1 aromatic rings. The second-order valence-electron chi connectivity index (χ2n) is 3.85. The Kier molecular flexibility index (Phi) is 5.00. The number of oxime groups is 1. The molecule has 17 heavy (non-hydrogen) atoms. The van der Waals surface area contributed by atoms with E-state index in [1.54, 1.807) is 0 Å². The molecule has 0 radical (unpaired) electrons. The van der Waals surface area contributed by atoms with E-state index in [9.17, 15) is 4.79 Å².